The van der Waals surface area contributed by atoms with Gasteiger partial charge in [0.15, 0.2) is 5.16 Å². The van der Waals surface area contributed by atoms with Crippen LogP contribution >= 0.6 is 23.1 Å². The van der Waals surface area contributed by atoms with Crippen molar-refractivity contribution < 1.29 is 4.79 Å². The predicted octanol–water partition coefficient (Wildman–Crippen LogP) is 6.27. The van der Waals surface area contributed by atoms with Gasteiger partial charge in [-0.2, -0.15) is 0 Å². The molecule has 0 bridgehead atoms. The second-order valence-corrected chi connectivity index (χ2v) is 10.1. The summed E-state index contributed by atoms with van der Waals surface area (Å²) >= 11 is 3.14. The highest BCUT2D eigenvalue weighted by Crippen LogP contribution is 2.30. The number of para-hydroxylation sites is 4. The summed E-state index contributed by atoms with van der Waals surface area (Å²) in [6.07, 6.45) is 0.258. The summed E-state index contributed by atoms with van der Waals surface area (Å²) in [7, 11) is 0. The Hall–Kier alpha value is -3.75. The van der Waals surface area contributed by atoms with Crippen LogP contribution in [0.5, 0.6) is 0 Å². The van der Waals surface area contributed by atoms with Crippen molar-refractivity contribution in [2.24, 2.45) is 0 Å². The quantitative estimate of drug-likeness (QED) is 0.218. The molecule has 0 aliphatic heterocycles. The monoisotopic (exact) mass is 495 g/mol. The second kappa shape index (κ2) is 9.13. The molecule has 0 radical (unpaired) electrons. The van der Waals surface area contributed by atoms with Crippen molar-refractivity contribution in [2.75, 3.05) is 5.32 Å². The van der Waals surface area contributed by atoms with Crippen LogP contribution in [-0.4, -0.2) is 25.3 Å². The molecular weight excluding hydrogens is 474 g/mol. The zero-order valence-corrected chi connectivity index (χ0v) is 20.6. The number of amides is 1. The van der Waals surface area contributed by atoms with Crippen LogP contribution in [0.3, 0.4) is 0 Å². The minimum atomic E-state index is -0.0596. The Labute approximate surface area is 210 Å². The van der Waals surface area contributed by atoms with Crippen molar-refractivity contribution in [3.63, 3.8) is 0 Å². The third-order valence-corrected chi connectivity index (χ3v) is 7.66. The number of thioether (sulfide) groups is 1. The van der Waals surface area contributed by atoms with Crippen LogP contribution in [0, 0.1) is 6.92 Å². The van der Waals surface area contributed by atoms with Gasteiger partial charge in [-0.3, -0.25) is 9.20 Å². The van der Waals surface area contributed by atoms with E-state index in [0.29, 0.717) is 5.75 Å². The Morgan fingerprint density at radius 2 is 1.71 bits per heavy atom. The molecule has 0 fully saturated rings. The van der Waals surface area contributed by atoms with E-state index in [0.717, 1.165) is 54.7 Å². The first-order valence-corrected chi connectivity index (χ1v) is 13.1. The summed E-state index contributed by atoms with van der Waals surface area (Å²) in [5.74, 6) is 0.596. The summed E-state index contributed by atoms with van der Waals surface area (Å²) < 4.78 is 2.13. The number of nitrogens with one attached hydrogen (secondary N) is 1. The maximum absolute atomic E-state index is 12.5. The van der Waals surface area contributed by atoms with E-state index in [2.05, 4.69) is 21.9 Å². The highest BCUT2D eigenvalue weighted by atomic mass is 32.2. The smallest absolute Gasteiger partial charge is 0.231 e. The standard InChI is InChI=1S/C27H21N5OS2/c1-17-8-2-4-10-20(17)29-24(33)14-25-28-18(15-34-25)16-35-27-31-21-11-5-3-9-19(21)26-30-22-12-6-7-13-23(22)32(26)27/h2-13,15H,14,16H2,1H3,(H,29,33). The Balaban J connectivity index is 1.24. The predicted molar refractivity (Wildman–Crippen MR) is 143 cm³/mol. The number of rotatable bonds is 6. The van der Waals surface area contributed by atoms with Gasteiger partial charge in [-0.25, -0.2) is 15.0 Å². The van der Waals surface area contributed by atoms with E-state index >= 15 is 0 Å². The fourth-order valence-corrected chi connectivity index (χ4v) is 5.89. The van der Waals surface area contributed by atoms with Crippen LogP contribution in [0.25, 0.3) is 27.6 Å². The van der Waals surface area contributed by atoms with E-state index in [4.69, 9.17) is 15.0 Å². The highest BCUT2D eigenvalue weighted by molar-refractivity contribution is 7.98. The summed E-state index contributed by atoms with van der Waals surface area (Å²) in [4.78, 5) is 27.1. The molecule has 3 aromatic heterocycles. The highest BCUT2D eigenvalue weighted by Gasteiger charge is 2.15. The Bertz CT molecular complexity index is 1700. The minimum Gasteiger partial charge on any atom is -0.325 e. The van der Waals surface area contributed by atoms with E-state index < -0.39 is 0 Å². The average molecular weight is 496 g/mol. The van der Waals surface area contributed by atoms with Gasteiger partial charge in [-0.15, -0.1) is 11.3 Å². The molecule has 0 aliphatic carbocycles. The number of anilines is 1. The molecule has 172 valence electrons. The number of benzene rings is 3. The lowest BCUT2D eigenvalue weighted by Gasteiger charge is -2.08. The van der Waals surface area contributed by atoms with Crippen LogP contribution in [0.1, 0.15) is 16.3 Å². The molecule has 1 amide bonds. The molecule has 8 heteroatoms. The number of carbonyl (C=O) groups is 1. The summed E-state index contributed by atoms with van der Waals surface area (Å²) in [6, 6.07) is 24.0. The molecule has 6 rings (SSSR count). The van der Waals surface area contributed by atoms with Gasteiger partial charge in [-0.05, 0) is 42.8 Å². The van der Waals surface area contributed by atoms with E-state index in [1.807, 2.05) is 73.0 Å². The third-order valence-electron chi connectivity index (χ3n) is 5.79. The van der Waals surface area contributed by atoms with Crippen LogP contribution in [0.2, 0.25) is 0 Å². The zero-order chi connectivity index (χ0) is 23.8. The summed E-state index contributed by atoms with van der Waals surface area (Å²) in [5.41, 5.74) is 6.63. The normalized spacial score (nSPS) is 11.5. The average Bonchev–Trinajstić information content (AvgIpc) is 3.48. The van der Waals surface area contributed by atoms with Crippen LogP contribution < -0.4 is 5.32 Å². The van der Waals surface area contributed by atoms with Crippen molar-refractivity contribution in [1.82, 2.24) is 19.4 Å². The van der Waals surface area contributed by atoms with Crippen LogP contribution in [0.4, 0.5) is 5.69 Å². The molecule has 0 aliphatic rings. The van der Waals surface area contributed by atoms with E-state index in [1.54, 1.807) is 11.8 Å². The molecule has 35 heavy (non-hydrogen) atoms. The molecule has 0 unspecified atom stereocenters. The molecule has 3 aromatic carbocycles. The number of imidazole rings is 1. The molecule has 0 saturated heterocycles. The summed E-state index contributed by atoms with van der Waals surface area (Å²) in [5, 5.41) is 7.71. The first-order valence-electron chi connectivity index (χ1n) is 11.2. The van der Waals surface area contributed by atoms with E-state index in [1.165, 1.54) is 11.3 Å². The van der Waals surface area contributed by atoms with Crippen molar-refractivity contribution in [3.8, 4) is 0 Å². The Kier molecular flexibility index (Phi) is 5.67. The van der Waals surface area contributed by atoms with Crippen molar-refractivity contribution in [2.45, 2.75) is 24.3 Å². The van der Waals surface area contributed by atoms with Gasteiger partial charge < -0.3 is 5.32 Å². The van der Waals surface area contributed by atoms with Crippen LogP contribution in [-0.2, 0) is 17.0 Å². The number of thiazole rings is 1. The number of hydrogen-bond acceptors (Lipinski definition) is 6. The number of aromatic nitrogens is 4. The molecule has 3 heterocycles. The lowest BCUT2D eigenvalue weighted by Crippen LogP contribution is -2.15. The zero-order valence-electron chi connectivity index (χ0n) is 18.9. The van der Waals surface area contributed by atoms with Crippen molar-refractivity contribution in [3.05, 3.63) is 94.4 Å². The van der Waals surface area contributed by atoms with Crippen molar-refractivity contribution >= 4 is 62.3 Å². The third kappa shape index (κ3) is 4.26. The van der Waals surface area contributed by atoms with Gasteiger partial charge in [0.25, 0.3) is 0 Å². The maximum atomic E-state index is 12.5. The van der Waals surface area contributed by atoms with Gasteiger partial charge in [0.2, 0.25) is 5.91 Å². The molecule has 6 aromatic rings. The SMILES string of the molecule is Cc1ccccc1NC(=O)Cc1nc(CSc2nc3ccccc3c3nc4ccccc4n23)cs1. The van der Waals surface area contributed by atoms with E-state index in [-0.39, 0.29) is 12.3 Å². The Morgan fingerprint density at radius 3 is 2.60 bits per heavy atom. The van der Waals surface area contributed by atoms with E-state index in [9.17, 15) is 4.79 Å². The van der Waals surface area contributed by atoms with Crippen LogP contribution in [0.15, 0.2) is 83.3 Å². The number of hydrogen-bond donors (Lipinski definition) is 1. The largest absolute Gasteiger partial charge is 0.325 e. The van der Waals surface area contributed by atoms with Crippen molar-refractivity contribution in [1.29, 1.82) is 0 Å². The summed E-state index contributed by atoms with van der Waals surface area (Å²) in [6.45, 7) is 1.98. The van der Waals surface area contributed by atoms with Gasteiger partial charge in [0.1, 0.15) is 10.7 Å². The van der Waals surface area contributed by atoms with Gasteiger partial charge in [0, 0.05) is 22.2 Å². The number of fused-ring (bicyclic) bond motifs is 5. The molecule has 1 N–H and O–H groups in total. The number of carbonyl (C=O) groups excluding carboxylic acids is 1. The molecular formula is C27H21N5OS2. The number of nitrogens with zero attached hydrogens (tertiary/aromatic N) is 4. The molecule has 0 saturated carbocycles. The lowest BCUT2D eigenvalue weighted by molar-refractivity contribution is -0.115. The van der Waals surface area contributed by atoms with Gasteiger partial charge in [-0.1, -0.05) is 54.2 Å². The first kappa shape index (κ1) is 21.8. The Morgan fingerprint density at radius 1 is 0.943 bits per heavy atom. The van der Waals surface area contributed by atoms with Gasteiger partial charge in [0.05, 0.1) is 28.7 Å². The molecule has 0 atom stereocenters. The fourth-order valence-electron chi connectivity index (χ4n) is 4.09. The van der Waals surface area contributed by atoms with Gasteiger partial charge >= 0.3 is 0 Å². The second-order valence-electron chi connectivity index (χ2n) is 8.23. The topological polar surface area (TPSA) is 72.2 Å². The lowest BCUT2D eigenvalue weighted by atomic mass is 10.2. The maximum Gasteiger partial charge on any atom is 0.231 e. The number of aryl methyl sites for hydroxylation is 1. The molecule has 6 nitrogen and oxygen atoms in total. The molecule has 0 spiro atoms. The fraction of sp³-hybridized carbons (Fsp3) is 0.111. The first-order chi connectivity index (χ1) is 17.2. The minimum absolute atomic E-state index is 0.0596.